The van der Waals surface area contributed by atoms with Crippen LogP contribution in [0.15, 0.2) is 33.9 Å². The summed E-state index contributed by atoms with van der Waals surface area (Å²) in [5.41, 5.74) is 6.29. The van der Waals surface area contributed by atoms with Gasteiger partial charge in [0.15, 0.2) is 5.78 Å². The zero-order chi connectivity index (χ0) is 28.4. The van der Waals surface area contributed by atoms with Gasteiger partial charge in [-0.15, -0.1) is 0 Å². The number of oxime groups is 1. The highest BCUT2D eigenvalue weighted by molar-refractivity contribution is 6.17. The molecule has 0 fully saturated rings. The van der Waals surface area contributed by atoms with Crippen LogP contribution in [0.3, 0.4) is 0 Å². The Hall–Kier alpha value is -3.61. The summed E-state index contributed by atoms with van der Waals surface area (Å²) in [7, 11) is 8.24. The highest BCUT2D eigenvalue weighted by Gasteiger charge is 2.60. The summed E-state index contributed by atoms with van der Waals surface area (Å²) in [4.78, 5) is 34.4. The van der Waals surface area contributed by atoms with Crippen molar-refractivity contribution >= 4 is 23.1 Å². The molecule has 1 aromatic rings. The monoisotopic (exact) mass is 530 g/mol. The highest BCUT2D eigenvalue weighted by atomic mass is 16.6. The number of aromatic hydroxyl groups is 1. The number of aliphatic hydroxyl groups is 4. The molecule has 0 aliphatic heterocycles. The number of likely N-dealkylation sites (N-methyl/N-ethyl adjacent to an activating group) is 1. The van der Waals surface area contributed by atoms with E-state index in [-0.39, 0.29) is 35.3 Å². The second kappa shape index (κ2) is 9.29. The van der Waals surface area contributed by atoms with Crippen molar-refractivity contribution in [3.8, 4) is 5.75 Å². The first-order valence-electron chi connectivity index (χ1n) is 12.1. The van der Waals surface area contributed by atoms with Crippen molar-refractivity contribution in [2.24, 2.45) is 28.6 Å². The fraction of sp³-hybridized carbons (Fsp3) is 0.500. The van der Waals surface area contributed by atoms with E-state index in [1.807, 2.05) is 0 Å². The highest BCUT2D eigenvalue weighted by Crippen LogP contribution is 2.54. The summed E-state index contributed by atoms with van der Waals surface area (Å²) < 4.78 is 0. The fourth-order valence-corrected chi connectivity index (χ4v) is 6.47. The number of hydrogen-bond donors (Lipinski definition) is 6. The van der Waals surface area contributed by atoms with Gasteiger partial charge in [0.25, 0.3) is 5.91 Å². The minimum Gasteiger partial charge on any atom is -0.511 e. The molecule has 7 N–H and O–H groups in total. The first-order chi connectivity index (χ1) is 17.7. The maximum absolute atomic E-state index is 14.0. The van der Waals surface area contributed by atoms with Crippen molar-refractivity contribution in [2.75, 3.05) is 40.2 Å². The predicted molar refractivity (Wildman–Crippen MR) is 138 cm³/mol. The molecule has 0 heterocycles. The Kier molecular flexibility index (Phi) is 6.71. The third-order valence-electron chi connectivity index (χ3n) is 7.92. The van der Waals surface area contributed by atoms with Gasteiger partial charge in [-0.1, -0.05) is 5.16 Å². The van der Waals surface area contributed by atoms with Crippen LogP contribution in [-0.4, -0.2) is 95.0 Å². The lowest BCUT2D eigenvalue weighted by Crippen LogP contribution is -2.60. The number of nitrogens with two attached hydrogens (primary N) is 1. The number of Topliss-reactive ketones (excluding diaryl/α,β-unsaturated/α-hetero) is 1. The average molecular weight is 531 g/mol. The first-order valence-corrected chi connectivity index (χ1v) is 12.1. The van der Waals surface area contributed by atoms with E-state index in [4.69, 9.17) is 10.6 Å². The zero-order valence-electron chi connectivity index (χ0n) is 22.2. The maximum Gasteiger partial charge on any atom is 0.253 e. The number of fused-ring (bicyclic) bond motifs is 3. The lowest BCUT2D eigenvalue weighted by molar-refractivity contribution is -0.200. The number of carbonyl (C=O) groups excluding carboxylic acids is 2. The summed E-state index contributed by atoms with van der Waals surface area (Å²) >= 11 is 0. The van der Waals surface area contributed by atoms with Crippen molar-refractivity contribution < 1.29 is 40.0 Å². The molecule has 0 spiro atoms. The van der Waals surface area contributed by atoms with Gasteiger partial charge in [-0.2, -0.15) is 0 Å². The van der Waals surface area contributed by atoms with Crippen molar-refractivity contribution in [1.29, 1.82) is 0 Å². The van der Waals surface area contributed by atoms with E-state index in [0.29, 0.717) is 17.0 Å². The number of anilines is 1. The molecule has 38 heavy (non-hydrogen) atoms. The molecular formula is C26H34N4O8. The molecule has 12 nitrogen and oxygen atoms in total. The van der Waals surface area contributed by atoms with E-state index in [2.05, 4.69) is 5.16 Å². The Morgan fingerprint density at radius 1 is 1.16 bits per heavy atom. The fourth-order valence-electron chi connectivity index (χ4n) is 6.47. The molecule has 0 saturated carbocycles. The molecular weight excluding hydrogens is 496 g/mol. The second-order valence-corrected chi connectivity index (χ2v) is 10.6. The minimum absolute atomic E-state index is 0.0249. The van der Waals surface area contributed by atoms with Crippen LogP contribution in [0.4, 0.5) is 5.69 Å². The summed E-state index contributed by atoms with van der Waals surface area (Å²) in [6.07, 6.45) is 0.430. The van der Waals surface area contributed by atoms with Gasteiger partial charge in [-0.05, 0) is 57.3 Å². The van der Waals surface area contributed by atoms with E-state index >= 15 is 0 Å². The lowest BCUT2D eigenvalue weighted by atomic mass is 9.59. The molecule has 4 rings (SSSR count). The van der Waals surface area contributed by atoms with Crippen LogP contribution in [-0.2, 0) is 16.1 Å². The zero-order valence-corrected chi connectivity index (χ0v) is 22.2. The van der Waals surface area contributed by atoms with Crippen LogP contribution in [0.2, 0.25) is 0 Å². The molecule has 3 aliphatic rings. The molecule has 4 atom stereocenters. The average Bonchev–Trinajstić information content (AvgIpc) is 2.77. The summed E-state index contributed by atoms with van der Waals surface area (Å²) in [5.74, 6) is -9.36. The van der Waals surface area contributed by atoms with Crippen LogP contribution in [0, 0.1) is 17.8 Å². The number of allylic oxidation sites excluding steroid dienone is 1. The Balaban J connectivity index is 1.98. The number of phenols is 1. The summed E-state index contributed by atoms with van der Waals surface area (Å²) in [5, 5.41) is 59.6. The Morgan fingerprint density at radius 3 is 2.32 bits per heavy atom. The molecule has 3 unspecified atom stereocenters. The molecule has 206 valence electrons. The quantitative estimate of drug-likeness (QED) is 0.178. The largest absolute Gasteiger partial charge is 0.511 e. The van der Waals surface area contributed by atoms with Gasteiger partial charge in [0.1, 0.15) is 30.0 Å². The second-order valence-electron chi connectivity index (χ2n) is 10.6. The summed E-state index contributed by atoms with van der Waals surface area (Å²) in [6, 6.07) is 0.829. The van der Waals surface area contributed by atoms with E-state index in [1.54, 1.807) is 51.0 Å². The first kappa shape index (κ1) is 27.4. The number of phenolic OH excluding ortho intramolecular Hbond substituents is 1. The van der Waals surface area contributed by atoms with Gasteiger partial charge in [0.2, 0.25) is 5.79 Å². The molecule has 0 radical (unpaired) electrons. The molecule has 1 amide bonds. The number of primary amides is 1. The van der Waals surface area contributed by atoms with Crippen molar-refractivity contribution in [3.05, 3.63) is 45.4 Å². The van der Waals surface area contributed by atoms with Crippen LogP contribution in [0.1, 0.15) is 34.8 Å². The normalized spacial score (nSPS) is 26.7. The van der Waals surface area contributed by atoms with Crippen LogP contribution in [0.5, 0.6) is 5.75 Å². The van der Waals surface area contributed by atoms with Crippen LogP contribution < -0.4 is 10.6 Å². The number of amides is 1. The molecule has 0 bridgehead atoms. The molecule has 1 aromatic carbocycles. The molecule has 0 aromatic heterocycles. The minimum atomic E-state index is -3.03. The van der Waals surface area contributed by atoms with E-state index in [1.165, 1.54) is 7.11 Å². The predicted octanol–water partition coefficient (Wildman–Crippen LogP) is 0.554. The van der Waals surface area contributed by atoms with E-state index < -0.39 is 58.4 Å². The van der Waals surface area contributed by atoms with Crippen molar-refractivity contribution in [1.82, 2.24) is 4.90 Å². The lowest BCUT2D eigenvalue weighted by Gasteiger charge is -2.51. The standard InChI is InChI=1S/C26H34N4O8/c1-10(28-38-6)12-9-15(29(2)3)13-7-11-8-14-18(23(33)16(11)22(32)17(13)21(12)31)26(36,37)19(25(27)35)24(34)20(14)30(4)5/h9,11,14,18,20,31,33-34,36-37H,7-8H2,1-6H3,(H2,27,35)/b28-10+/t11?,14?,18?,20-/m0/s1. The van der Waals surface area contributed by atoms with Gasteiger partial charge < -0.3 is 41.0 Å². The van der Waals surface area contributed by atoms with Crippen molar-refractivity contribution in [3.63, 3.8) is 0 Å². The Bertz CT molecular complexity index is 1310. The van der Waals surface area contributed by atoms with Crippen LogP contribution >= 0.6 is 0 Å². The van der Waals surface area contributed by atoms with Gasteiger partial charge in [0.05, 0.1) is 23.2 Å². The SMILES string of the molecule is CO/N=C(\C)c1cc(N(C)C)c2c(c1O)C(=O)C1=C(O)C3C(CC1C2)[C@H](N(C)C)C(O)=C(C(N)=O)C3(O)O. The Labute approximate surface area is 219 Å². The number of nitrogens with zero attached hydrogens (tertiary/aromatic N) is 3. The summed E-state index contributed by atoms with van der Waals surface area (Å²) in [6.45, 7) is 1.61. The van der Waals surface area contributed by atoms with Crippen molar-refractivity contribution in [2.45, 2.75) is 31.6 Å². The Morgan fingerprint density at radius 2 is 1.79 bits per heavy atom. The number of aliphatic hydroxyl groups excluding tert-OH is 2. The van der Waals surface area contributed by atoms with Crippen LogP contribution in [0.25, 0.3) is 0 Å². The number of hydrogen-bond acceptors (Lipinski definition) is 11. The third kappa shape index (κ3) is 3.82. The topological polar surface area (TPSA) is 189 Å². The van der Waals surface area contributed by atoms with Gasteiger partial charge in [0, 0.05) is 30.9 Å². The van der Waals surface area contributed by atoms with Gasteiger partial charge in [-0.3, -0.25) is 14.5 Å². The van der Waals surface area contributed by atoms with E-state index in [9.17, 15) is 35.1 Å². The van der Waals surface area contributed by atoms with Gasteiger partial charge >= 0.3 is 0 Å². The number of ketones is 1. The number of rotatable bonds is 5. The number of benzene rings is 1. The maximum atomic E-state index is 14.0. The smallest absolute Gasteiger partial charge is 0.253 e. The van der Waals surface area contributed by atoms with E-state index in [0.717, 1.165) is 0 Å². The molecule has 0 saturated heterocycles. The molecule has 3 aliphatic carbocycles. The molecule has 12 heteroatoms. The number of carbonyl (C=O) groups is 2. The van der Waals surface area contributed by atoms with Gasteiger partial charge in [-0.25, -0.2) is 0 Å². The third-order valence-corrected chi connectivity index (χ3v) is 7.92.